The fourth-order valence-electron chi connectivity index (χ4n) is 2.66. The summed E-state index contributed by atoms with van der Waals surface area (Å²) >= 11 is 0. The first-order chi connectivity index (χ1) is 10.1. The third-order valence-corrected chi connectivity index (χ3v) is 4.32. The van der Waals surface area contributed by atoms with Gasteiger partial charge in [0.2, 0.25) is 5.91 Å². The second kappa shape index (κ2) is 9.01. The zero-order valence-electron chi connectivity index (χ0n) is 13.5. The Balaban J connectivity index is 0.00000242. The molecule has 0 saturated carbocycles. The summed E-state index contributed by atoms with van der Waals surface area (Å²) in [7, 11) is 1.66. The third kappa shape index (κ3) is 5.85. The van der Waals surface area contributed by atoms with Crippen molar-refractivity contribution in [3.63, 3.8) is 0 Å². The van der Waals surface area contributed by atoms with Crippen LogP contribution in [0.4, 0.5) is 0 Å². The molecule has 2 rings (SSSR count). The largest absolute Gasteiger partial charge is 0.497 e. The molecule has 0 atom stereocenters. The summed E-state index contributed by atoms with van der Waals surface area (Å²) in [6, 6.07) is 7.90. The molecule has 1 amide bonds. The van der Waals surface area contributed by atoms with Crippen LogP contribution in [0.5, 0.6) is 5.75 Å². The maximum atomic E-state index is 12.0. The van der Waals surface area contributed by atoms with Crippen LogP contribution in [0, 0.1) is 5.41 Å². The number of hydrogen-bond acceptors (Lipinski definition) is 3. The number of halogens is 1. The molecule has 0 aromatic heterocycles. The average Bonchev–Trinajstić information content (AvgIpc) is 2.52. The highest BCUT2D eigenvalue weighted by Crippen LogP contribution is 2.26. The zero-order valence-corrected chi connectivity index (χ0v) is 14.3. The standard InChI is InChI=1S/C17H26N2O2.ClH/c1-17(9-11-18-12-10-17)13-19-16(20)8-5-14-3-6-15(21-2)7-4-14;/h3-4,6-7,18H,5,8-13H2,1-2H3,(H,19,20);1H. The first kappa shape index (κ1) is 18.8. The maximum Gasteiger partial charge on any atom is 0.220 e. The summed E-state index contributed by atoms with van der Waals surface area (Å²) in [5.74, 6) is 0.993. The molecular formula is C17H27ClN2O2. The molecule has 5 heteroatoms. The number of amides is 1. The van der Waals surface area contributed by atoms with E-state index in [2.05, 4.69) is 17.6 Å². The van der Waals surface area contributed by atoms with Crippen molar-refractivity contribution in [2.24, 2.45) is 5.41 Å². The van der Waals surface area contributed by atoms with Crippen LogP contribution in [0.3, 0.4) is 0 Å². The van der Waals surface area contributed by atoms with Crippen molar-refractivity contribution >= 4 is 18.3 Å². The molecule has 1 fully saturated rings. The van der Waals surface area contributed by atoms with Gasteiger partial charge in [-0.15, -0.1) is 12.4 Å². The maximum absolute atomic E-state index is 12.0. The Labute approximate surface area is 139 Å². The minimum absolute atomic E-state index is 0. The Morgan fingerprint density at radius 2 is 1.91 bits per heavy atom. The number of hydrogen-bond donors (Lipinski definition) is 2. The van der Waals surface area contributed by atoms with Crippen molar-refractivity contribution in [1.82, 2.24) is 10.6 Å². The molecule has 4 nitrogen and oxygen atoms in total. The highest BCUT2D eigenvalue weighted by Gasteiger charge is 2.26. The number of methoxy groups -OCH3 is 1. The summed E-state index contributed by atoms with van der Waals surface area (Å²) in [6.45, 7) is 5.16. The monoisotopic (exact) mass is 326 g/mol. The molecule has 0 unspecified atom stereocenters. The van der Waals surface area contributed by atoms with E-state index < -0.39 is 0 Å². The molecule has 0 bridgehead atoms. The van der Waals surface area contributed by atoms with Crippen LogP contribution in [0.1, 0.15) is 31.7 Å². The summed E-state index contributed by atoms with van der Waals surface area (Å²) in [6.07, 6.45) is 3.58. The summed E-state index contributed by atoms with van der Waals surface area (Å²) in [5, 5.41) is 6.45. The van der Waals surface area contributed by atoms with Crippen molar-refractivity contribution in [1.29, 1.82) is 0 Å². The molecule has 1 saturated heterocycles. The van der Waals surface area contributed by atoms with E-state index in [0.717, 1.165) is 44.6 Å². The third-order valence-electron chi connectivity index (χ3n) is 4.32. The first-order valence-electron chi connectivity index (χ1n) is 7.72. The Kier molecular flexibility index (Phi) is 7.69. The van der Waals surface area contributed by atoms with Gasteiger partial charge in [0, 0.05) is 13.0 Å². The number of aryl methyl sites for hydroxylation is 1. The number of carbonyl (C=O) groups excluding carboxylic acids is 1. The van der Waals surface area contributed by atoms with E-state index in [9.17, 15) is 4.79 Å². The van der Waals surface area contributed by atoms with Crippen LogP contribution in [-0.2, 0) is 11.2 Å². The molecular weight excluding hydrogens is 300 g/mol. The molecule has 0 aliphatic carbocycles. The van der Waals surface area contributed by atoms with Gasteiger partial charge in [0.15, 0.2) is 0 Å². The Hall–Kier alpha value is -1.26. The van der Waals surface area contributed by atoms with Gasteiger partial charge in [0.05, 0.1) is 7.11 Å². The molecule has 124 valence electrons. The topological polar surface area (TPSA) is 50.4 Å². The van der Waals surface area contributed by atoms with Crippen LogP contribution in [0.25, 0.3) is 0 Å². The van der Waals surface area contributed by atoms with Gasteiger partial charge in [0.25, 0.3) is 0 Å². The lowest BCUT2D eigenvalue weighted by molar-refractivity contribution is -0.121. The van der Waals surface area contributed by atoms with Crippen molar-refractivity contribution in [3.05, 3.63) is 29.8 Å². The van der Waals surface area contributed by atoms with Crippen molar-refractivity contribution < 1.29 is 9.53 Å². The SMILES string of the molecule is COc1ccc(CCC(=O)NCC2(C)CCNCC2)cc1.Cl. The number of benzene rings is 1. The summed E-state index contributed by atoms with van der Waals surface area (Å²) in [5.41, 5.74) is 1.42. The highest BCUT2D eigenvalue weighted by atomic mass is 35.5. The van der Waals surface area contributed by atoms with Crippen molar-refractivity contribution in [2.45, 2.75) is 32.6 Å². The molecule has 0 radical (unpaired) electrons. The zero-order chi connectivity index (χ0) is 15.1. The first-order valence-corrected chi connectivity index (χ1v) is 7.72. The normalized spacial score (nSPS) is 16.5. The van der Waals surface area contributed by atoms with Crippen LogP contribution in [0.2, 0.25) is 0 Å². The van der Waals surface area contributed by atoms with Gasteiger partial charge < -0.3 is 15.4 Å². The van der Waals surface area contributed by atoms with Gasteiger partial charge in [-0.3, -0.25) is 4.79 Å². The van der Waals surface area contributed by atoms with Crippen LogP contribution >= 0.6 is 12.4 Å². The quantitative estimate of drug-likeness (QED) is 0.844. The molecule has 1 aliphatic heterocycles. The van der Waals surface area contributed by atoms with Crippen LogP contribution in [0.15, 0.2) is 24.3 Å². The van der Waals surface area contributed by atoms with Crippen molar-refractivity contribution in [3.8, 4) is 5.75 Å². The molecule has 1 aromatic rings. The molecule has 1 heterocycles. The van der Waals surface area contributed by atoms with Gasteiger partial charge >= 0.3 is 0 Å². The lowest BCUT2D eigenvalue weighted by atomic mass is 9.81. The predicted octanol–water partition coefficient (Wildman–Crippen LogP) is 2.56. The number of ether oxygens (including phenoxy) is 1. The van der Waals surface area contributed by atoms with E-state index in [-0.39, 0.29) is 23.7 Å². The number of rotatable bonds is 6. The average molecular weight is 327 g/mol. The molecule has 1 aliphatic rings. The summed E-state index contributed by atoms with van der Waals surface area (Å²) in [4.78, 5) is 12.0. The van der Waals surface area contributed by atoms with E-state index in [1.807, 2.05) is 24.3 Å². The molecule has 2 N–H and O–H groups in total. The Morgan fingerprint density at radius 3 is 2.50 bits per heavy atom. The van der Waals surface area contributed by atoms with Crippen LogP contribution in [-0.4, -0.2) is 32.7 Å². The van der Waals surface area contributed by atoms with E-state index in [4.69, 9.17) is 4.74 Å². The van der Waals surface area contributed by atoms with Gasteiger partial charge in [-0.05, 0) is 55.5 Å². The number of carbonyl (C=O) groups is 1. The van der Waals surface area contributed by atoms with Crippen LogP contribution < -0.4 is 15.4 Å². The van der Waals surface area contributed by atoms with E-state index in [1.54, 1.807) is 7.11 Å². The van der Waals surface area contributed by atoms with Crippen molar-refractivity contribution in [2.75, 3.05) is 26.7 Å². The lowest BCUT2D eigenvalue weighted by Gasteiger charge is -2.34. The number of piperidine rings is 1. The Bertz CT molecular complexity index is 456. The van der Waals surface area contributed by atoms with E-state index in [1.165, 1.54) is 5.56 Å². The fourth-order valence-corrected chi connectivity index (χ4v) is 2.66. The van der Waals surface area contributed by atoms with Gasteiger partial charge in [-0.25, -0.2) is 0 Å². The van der Waals surface area contributed by atoms with Gasteiger partial charge in [0.1, 0.15) is 5.75 Å². The lowest BCUT2D eigenvalue weighted by Crippen LogP contribution is -2.42. The molecule has 1 aromatic carbocycles. The molecule has 22 heavy (non-hydrogen) atoms. The van der Waals surface area contributed by atoms with Gasteiger partial charge in [-0.1, -0.05) is 19.1 Å². The minimum Gasteiger partial charge on any atom is -0.497 e. The minimum atomic E-state index is 0. The van der Waals surface area contributed by atoms with E-state index in [0.29, 0.717) is 6.42 Å². The van der Waals surface area contributed by atoms with Gasteiger partial charge in [-0.2, -0.15) is 0 Å². The summed E-state index contributed by atoms with van der Waals surface area (Å²) < 4.78 is 5.13. The number of nitrogens with one attached hydrogen (secondary N) is 2. The fraction of sp³-hybridized carbons (Fsp3) is 0.588. The second-order valence-electron chi connectivity index (χ2n) is 6.19. The van der Waals surface area contributed by atoms with E-state index >= 15 is 0 Å². The predicted molar refractivity (Wildman–Crippen MR) is 91.8 cm³/mol. The second-order valence-corrected chi connectivity index (χ2v) is 6.19. The molecule has 0 spiro atoms. The highest BCUT2D eigenvalue weighted by molar-refractivity contribution is 5.85. The Morgan fingerprint density at radius 1 is 1.27 bits per heavy atom. The smallest absolute Gasteiger partial charge is 0.220 e.